The van der Waals surface area contributed by atoms with Crippen LogP contribution in [-0.4, -0.2) is 4.98 Å². The molecule has 0 bridgehead atoms. The summed E-state index contributed by atoms with van der Waals surface area (Å²) in [7, 11) is 0. The highest BCUT2D eigenvalue weighted by molar-refractivity contribution is 9.10. The van der Waals surface area contributed by atoms with Crippen LogP contribution in [0.2, 0.25) is 0 Å². The van der Waals surface area contributed by atoms with Gasteiger partial charge in [0.15, 0.2) is 0 Å². The van der Waals surface area contributed by atoms with E-state index in [-0.39, 0.29) is 0 Å². The zero-order valence-corrected chi connectivity index (χ0v) is 11.8. The number of rotatable bonds is 3. The quantitative estimate of drug-likeness (QED) is 0.919. The van der Waals surface area contributed by atoms with Crippen LogP contribution in [0.25, 0.3) is 5.57 Å². The Morgan fingerprint density at radius 2 is 2.06 bits per heavy atom. The number of anilines is 1. The van der Waals surface area contributed by atoms with E-state index in [4.69, 9.17) is 5.73 Å². The molecule has 0 atom stereocenters. The SMILES string of the molecule is CC/C=C(\c1ccccc1)c1cc(Br)cnc1N. The summed E-state index contributed by atoms with van der Waals surface area (Å²) in [5, 5.41) is 0. The van der Waals surface area contributed by atoms with Gasteiger partial charge in [-0.15, -0.1) is 0 Å². The van der Waals surface area contributed by atoms with Crippen molar-refractivity contribution in [3.63, 3.8) is 0 Å². The molecule has 0 aliphatic carbocycles. The molecule has 3 heteroatoms. The summed E-state index contributed by atoms with van der Waals surface area (Å²) < 4.78 is 0.935. The Kier molecular flexibility index (Phi) is 4.15. The van der Waals surface area contributed by atoms with Crippen LogP contribution < -0.4 is 5.73 Å². The van der Waals surface area contributed by atoms with E-state index in [0.29, 0.717) is 5.82 Å². The zero-order valence-electron chi connectivity index (χ0n) is 10.2. The molecule has 2 rings (SSSR count). The molecule has 0 amide bonds. The summed E-state index contributed by atoms with van der Waals surface area (Å²) in [5.41, 5.74) is 9.24. The number of allylic oxidation sites excluding steroid dienone is 1. The summed E-state index contributed by atoms with van der Waals surface area (Å²) in [6, 6.07) is 12.2. The molecule has 0 saturated carbocycles. The molecule has 0 aliphatic heterocycles. The highest BCUT2D eigenvalue weighted by atomic mass is 79.9. The first-order valence-electron chi connectivity index (χ1n) is 5.89. The maximum absolute atomic E-state index is 5.99. The second-order valence-electron chi connectivity index (χ2n) is 3.98. The number of pyridine rings is 1. The van der Waals surface area contributed by atoms with Gasteiger partial charge in [0.25, 0.3) is 0 Å². The van der Waals surface area contributed by atoms with E-state index < -0.39 is 0 Å². The molecular formula is C15H15BrN2. The lowest BCUT2D eigenvalue weighted by Gasteiger charge is -2.11. The van der Waals surface area contributed by atoms with Crippen molar-refractivity contribution in [3.05, 3.63) is 64.3 Å². The normalized spacial score (nSPS) is 11.6. The largest absolute Gasteiger partial charge is 0.383 e. The van der Waals surface area contributed by atoms with Gasteiger partial charge in [0.05, 0.1) is 0 Å². The fraction of sp³-hybridized carbons (Fsp3) is 0.133. The third-order valence-electron chi connectivity index (χ3n) is 2.67. The predicted molar refractivity (Wildman–Crippen MR) is 80.2 cm³/mol. The van der Waals surface area contributed by atoms with Crippen LogP contribution in [0.3, 0.4) is 0 Å². The molecule has 1 heterocycles. The molecule has 0 radical (unpaired) electrons. The maximum Gasteiger partial charge on any atom is 0.131 e. The van der Waals surface area contributed by atoms with Crippen molar-refractivity contribution >= 4 is 27.3 Å². The molecule has 0 spiro atoms. The van der Waals surface area contributed by atoms with Gasteiger partial charge >= 0.3 is 0 Å². The van der Waals surface area contributed by atoms with Gasteiger partial charge in [0, 0.05) is 16.2 Å². The predicted octanol–water partition coefficient (Wildman–Crippen LogP) is 4.27. The molecule has 0 fully saturated rings. The Morgan fingerprint density at radius 3 is 2.72 bits per heavy atom. The molecule has 2 nitrogen and oxygen atoms in total. The standard InChI is InChI=1S/C15H15BrN2/c1-2-6-13(11-7-4-3-5-8-11)14-9-12(16)10-18-15(14)17/h3-10H,2H2,1H3,(H2,17,18)/b13-6+. The first kappa shape index (κ1) is 12.8. The number of hydrogen-bond acceptors (Lipinski definition) is 2. The molecule has 1 aromatic carbocycles. The highest BCUT2D eigenvalue weighted by Crippen LogP contribution is 2.29. The van der Waals surface area contributed by atoms with Crippen LogP contribution in [0, 0.1) is 0 Å². The lowest BCUT2D eigenvalue weighted by molar-refractivity contribution is 1.22. The van der Waals surface area contributed by atoms with Crippen LogP contribution in [0.4, 0.5) is 5.82 Å². The minimum atomic E-state index is 0.557. The molecule has 2 aromatic rings. The summed E-state index contributed by atoms with van der Waals surface area (Å²) >= 11 is 3.44. The van der Waals surface area contributed by atoms with Crippen LogP contribution in [0.15, 0.2) is 53.1 Å². The fourth-order valence-corrected chi connectivity index (χ4v) is 2.20. The molecule has 92 valence electrons. The van der Waals surface area contributed by atoms with Crippen molar-refractivity contribution in [3.8, 4) is 0 Å². The molecule has 0 saturated heterocycles. The van der Waals surface area contributed by atoms with Crippen molar-refractivity contribution in [2.75, 3.05) is 5.73 Å². The minimum absolute atomic E-state index is 0.557. The number of aromatic nitrogens is 1. The van der Waals surface area contributed by atoms with E-state index in [1.807, 2.05) is 24.3 Å². The average Bonchev–Trinajstić information content (AvgIpc) is 2.40. The zero-order chi connectivity index (χ0) is 13.0. The van der Waals surface area contributed by atoms with Crippen molar-refractivity contribution in [2.45, 2.75) is 13.3 Å². The first-order chi connectivity index (χ1) is 8.72. The summed E-state index contributed by atoms with van der Waals surface area (Å²) in [6.07, 6.45) is 4.85. The second kappa shape index (κ2) is 5.83. The van der Waals surface area contributed by atoms with Crippen LogP contribution >= 0.6 is 15.9 Å². The highest BCUT2D eigenvalue weighted by Gasteiger charge is 2.09. The topological polar surface area (TPSA) is 38.9 Å². The number of halogens is 1. The smallest absolute Gasteiger partial charge is 0.131 e. The van der Waals surface area contributed by atoms with E-state index in [2.05, 4.69) is 46.0 Å². The van der Waals surface area contributed by atoms with Gasteiger partial charge in [-0.25, -0.2) is 4.98 Å². The maximum atomic E-state index is 5.99. The fourth-order valence-electron chi connectivity index (χ4n) is 1.87. The lowest BCUT2D eigenvalue weighted by Crippen LogP contribution is -1.98. The molecule has 18 heavy (non-hydrogen) atoms. The number of nitrogens with two attached hydrogens (primary N) is 1. The monoisotopic (exact) mass is 302 g/mol. The molecule has 0 aliphatic rings. The van der Waals surface area contributed by atoms with Crippen LogP contribution in [-0.2, 0) is 0 Å². The van der Waals surface area contributed by atoms with E-state index in [0.717, 1.165) is 27.6 Å². The summed E-state index contributed by atoms with van der Waals surface area (Å²) in [5.74, 6) is 0.557. The Balaban J connectivity index is 2.56. The average molecular weight is 303 g/mol. The number of benzene rings is 1. The Labute approximate surface area is 116 Å². The van der Waals surface area contributed by atoms with Crippen molar-refractivity contribution in [1.29, 1.82) is 0 Å². The number of hydrogen-bond donors (Lipinski definition) is 1. The van der Waals surface area contributed by atoms with Gasteiger partial charge in [-0.1, -0.05) is 43.3 Å². The van der Waals surface area contributed by atoms with Crippen molar-refractivity contribution < 1.29 is 0 Å². The van der Waals surface area contributed by atoms with Gasteiger partial charge < -0.3 is 5.73 Å². The Morgan fingerprint density at radius 1 is 1.33 bits per heavy atom. The van der Waals surface area contributed by atoms with E-state index in [1.165, 1.54) is 0 Å². The first-order valence-corrected chi connectivity index (χ1v) is 6.68. The van der Waals surface area contributed by atoms with Gasteiger partial charge in [-0.3, -0.25) is 0 Å². The van der Waals surface area contributed by atoms with Gasteiger partial charge in [-0.2, -0.15) is 0 Å². The lowest BCUT2D eigenvalue weighted by atomic mass is 9.97. The second-order valence-corrected chi connectivity index (χ2v) is 4.89. The van der Waals surface area contributed by atoms with Gasteiger partial charge in [0.1, 0.15) is 5.82 Å². The third kappa shape index (κ3) is 2.79. The summed E-state index contributed by atoms with van der Waals surface area (Å²) in [4.78, 5) is 4.20. The Bertz CT molecular complexity index is 562. The van der Waals surface area contributed by atoms with Crippen molar-refractivity contribution in [1.82, 2.24) is 4.98 Å². The molecular weight excluding hydrogens is 288 g/mol. The van der Waals surface area contributed by atoms with Gasteiger partial charge in [-0.05, 0) is 39.6 Å². The van der Waals surface area contributed by atoms with Crippen LogP contribution in [0.5, 0.6) is 0 Å². The van der Waals surface area contributed by atoms with E-state index in [1.54, 1.807) is 6.20 Å². The third-order valence-corrected chi connectivity index (χ3v) is 3.10. The van der Waals surface area contributed by atoms with Crippen molar-refractivity contribution in [2.24, 2.45) is 0 Å². The molecule has 1 aromatic heterocycles. The molecule has 2 N–H and O–H groups in total. The van der Waals surface area contributed by atoms with E-state index in [9.17, 15) is 0 Å². The summed E-state index contributed by atoms with van der Waals surface area (Å²) in [6.45, 7) is 2.12. The van der Waals surface area contributed by atoms with Gasteiger partial charge in [0.2, 0.25) is 0 Å². The van der Waals surface area contributed by atoms with E-state index >= 15 is 0 Å². The van der Waals surface area contributed by atoms with Crippen LogP contribution in [0.1, 0.15) is 24.5 Å². The Hall–Kier alpha value is -1.61. The number of nitrogen functional groups attached to an aromatic ring is 1. The minimum Gasteiger partial charge on any atom is -0.383 e. The number of nitrogens with zero attached hydrogens (tertiary/aromatic N) is 1. The molecule has 0 unspecified atom stereocenters.